The first-order valence-electron chi connectivity index (χ1n) is 11.7. The standard InChI is InChI=1S/C27H27N3O6/c1-15-18-7-3-4-8-20(18)24-19(15)9-5-10-21(24)25(34)28-16(2)27(36)30-12-6-11-22(30)26(35)29-17(14-31)13-23(32)33/h3-5,7-10,14,16-17,22H,1,6,11-13H2,2H3,(H,28,34)(H,29,35)(H,32,33)/t16?,17-,22?/m0/s1. The minimum absolute atomic E-state index is 0.315. The predicted octanol–water partition coefficient (Wildman–Crippen LogP) is 2.00. The van der Waals surface area contributed by atoms with Gasteiger partial charge < -0.3 is 25.4 Å². The second-order valence-corrected chi connectivity index (χ2v) is 8.99. The average Bonchev–Trinajstić information content (AvgIpc) is 3.46. The summed E-state index contributed by atoms with van der Waals surface area (Å²) < 4.78 is 0. The predicted molar refractivity (Wildman–Crippen MR) is 132 cm³/mol. The number of aliphatic carboxylic acids is 1. The lowest BCUT2D eigenvalue weighted by Crippen LogP contribution is -2.54. The fourth-order valence-electron chi connectivity index (χ4n) is 4.88. The third kappa shape index (κ3) is 4.64. The van der Waals surface area contributed by atoms with Crippen LogP contribution in [0.25, 0.3) is 16.7 Å². The second-order valence-electron chi connectivity index (χ2n) is 8.99. The zero-order valence-electron chi connectivity index (χ0n) is 19.8. The van der Waals surface area contributed by atoms with Crippen LogP contribution in [0.1, 0.15) is 47.7 Å². The molecule has 9 nitrogen and oxygen atoms in total. The van der Waals surface area contributed by atoms with Crippen LogP contribution in [0.15, 0.2) is 49.0 Å². The molecule has 1 aliphatic carbocycles. The number of nitrogens with zero attached hydrogens (tertiary/aromatic N) is 1. The summed E-state index contributed by atoms with van der Waals surface area (Å²) in [7, 11) is 0. The number of aldehydes is 1. The fourth-order valence-corrected chi connectivity index (χ4v) is 4.88. The van der Waals surface area contributed by atoms with Crippen molar-refractivity contribution in [1.29, 1.82) is 0 Å². The summed E-state index contributed by atoms with van der Waals surface area (Å²) in [6.45, 7) is 6.03. The van der Waals surface area contributed by atoms with Crippen molar-refractivity contribution < 1.29 is 29.1 Å². The molecule has 3 N–H and O–H groups in total. The monoisotopic (exact) mass is 489 g/mol. The van der Waals surface area contributed by atoms with Crippen molar-refractivity contribution in [3.05, 3.63) is 65.7 Å². The first-order valence-corrected chi connectivity index (χ1v) is 11.7. The van der Waals surface area contributed by atoms with E-state index in [-0.39, 0.29) is 0 Å². The molecule has 1 saturated heterocycles. The van der Waals surface area contributed by atoms with Crippen LogP contribution >= 0.6 is 0 Å². The van der Waals surface area contributed by atoms with Crippen LogP contribution in [-0.4, -0.2) is 64.7 Å². The third-order valence-corrected chi connectivity index (χ3v) is 6.60. The summed E-state index contributed by atoms with van der Waals surface area (Å²) in [6, 6.07) is 10.2. The lowest BCUT2D eigenvalue weighted by Gasteiger charge is -2.28. The number of carbonyl (C=O) groups excluding carboxylic acids is 4. The number of nitrogens with one attached hydrogen (secondary N) is 2. The van der Waals surface area contributed by atoms with Crippen LogP contribution in [0.3, 0.4) is 0 Å². The molecule has 1 heterocycles. The molecule has 0 spiro atoms. The fraction of sp³-hybridized carbons (Fsp3) is 0.296. The summed E-state index contributed by atoms with van der Waals surface area (Å²) in [5.74, 6) is -2.66. The Morgan fingerprint density at radius 3 is 2.47 bits per heavy atom. The van der Waals surface area contributed by atoms with E-state index >= 15 is 0 Å². The van der Waals surface area contributed by atoms with Crippen molar-refractivity contribution in [3.8, 4) is 11.1 Å². The summed E-state index contributed by atoms with van der Waals surface area (Å²) in [4.78, 5) is 62.6. The molecule has 3 atom stereocenters. The molecule has 0 saturated carbocycles. The van der Waals surface area contributed by atoms with E-state index in [0.717, 1.165) is 27.8 Å². The molecule has 4 rings (SSSR count). The van der Waals surface area contributed by atoms with Crippen molar-refractivity contribution in [2.75, 3.05) is 6.54 Å². The number of rotatable bonds is 8. The van der Waals surface area contributed by atoms with E-state index in [2.05, 4.69) is 17.2 Å². The Hall–Kier alpha value is -4.27. The highest BCUT2D eigenvalue weighted by Crippen LogP contribution is 2.44. The second kappa shape index (κ2) is 10.2. The summed E-state index contributed by atoms with van der Waals surface area (Å²) in [6.07, 6.45) is 0.767. The average molecular weight is 490 g/mol. The number of carbonyl (C=O) groups is 5. The van der Waals surface area contributed by atoms with E-state index in [1.165, 1.54) is 4.90 Å². The lowest BCUT2D eigenvalue weighted by atomic mass is 9.98. The Bertz CT molecular complexity index is 1270. The zero-order valence-corrected chi connectivity index (χ0v) is 19.8. The molecule has 2 aromatic carbocycles. The first-order chi connectivity index (χ1) is 17.2. The molecule has 2 aromatic rings. The van der Waals surface area contributed by atoms with Gasteiger partial charge in [0.25, 0.3) is 5.91 Å². The maximum atomic E-state index is 13.3. The van der Waals surface area contributed by atoms with E-state index in [1.807, 2.05) is 30.3 Å². The van der Waals surface area contributed by atoms with Gasteiger partial charge in [0.2, 0.25) is 11.8 Å². The molecule has 0 aromatic heterocycles. The lowest BCUT2D eigenvalue weighted by molar-refractivity contribution is -0.141. The highest BCUT2D eigenvalue weighted by atomic mass is 16.4. The highest BCUT2D eigenvalue weighted by Gasteiger charge is 2.37. The molecule has 0 bridgehead atoms. The molecule has 3 amide bonds. The summed E-state index contributed by atoms with van der Waals surface area (Å²) in [5.41, 5.74) is 4.76. The Labute approximate surface area is 208 Å². The van der Waals surface area contributed by atoms with Gasteiger partial charge in [-0.3, -0.25) is 19.2 Å². The van der Waals surface area contributed by atoms with Crippen molar-refractivity contribution in [1.82, 2.24) is 15.5 Å². The molecule has 0 radical (unpaired) electrons. The normalized spacial score (nSPS) is 17.5. The molecule has 9 heteroatoms. The minimum atomic E-state index is -1.22. The van der Waals surface area contributed by atoms with E-state index in [4.69, 9.17) is 5.11 Å². The molecule has 1 aliphatic heterocycles. The van der Waals surface area contributed by atoms with Crippen LogP contribution in [0.5, 0.6) is 0 Å². The van der Waals surface area contributed by atoms with Gasteiger partial charge in [0.15, 0.2) is 0 Å². The van der Waals surface area contributed by atoms with Gasteiger partial charge in [-0.2, -0.15) is 0 Å². The summed E-state index contributed by atoms with van der Waals surface area (Å²) >= 11 is 0. The van der Waals surface area contributed by atoms with Crippen molar-refractivity contribution in [3.63, 3.8) is 0 Å². The number of fused-ring (bicyclic) bond motifs is 3. The number of carboxylic acids is 1. The number of benzene rings is 2. The molecule has 2 unspecified atom stereocenters. The Morgan fingerprint density at radius 2 is 1.78 bits per heavy atom. The third-order valence-electron chi connectivity index (χ3n) is 6.60. The maximum Gasteiger partial charge on any atom is 0.305 e. The molecule has 1 fully saturated rings. The van der Waals surface area contributed by atoms with Gasteiger partial charge in [-0.15, -0.1) is 0 Å². The maximum absolute atomic E-state index is 13.3. The smallest absolute Gasteiger partial charge is 0.305 e. The zero-order chi connectivity index (χ0) is 26.0. The number of amides is 3. The molecule has 186 valence electrons. The van der Waals surface area contributed by atoms with Crippen molar-refractivity contribution >= 4 is 35.6 Å². The van der Waals surface area contributed by atoms with E-state index in [0.29, 0.717) is 31.2 Å². The van der Waals surface area contributed by atoms with Gasteiger partial charge >= 0.3 is 5.97 Å². The molecular weight excluding hydrogens is 462 g/mol. The first kappa shape index (κ1) is 24.8. The summed E-state index contributed by atoms with van der Waals surface area (Å²) in [5, 5.41) is 14.0. The SMILES string of the molecule is C=C1c2ccccc2-c2c1cccc2C(=O)NC(C)C(=O)N1CCCC1C(=O)N[C@H](C=O)CC(=O)O. The number of carboxylic acid groups (broad SMARTS) is 1. The van der Waals surface area contributed by atoms with Gasteiger partial charge in [-0.25, -0.2) is 0 Å². The van der Waals surface area contributed by atoms with Crippen LogP contribution in [0.4, 0.5) is 0 Å². The van der Waals surface area contributed by atoms with Gasteiger partial charge in [-0.05, 0) is 48.1 Å². The van der Waals surface area contributed by atoms with Gasteiger partial charge in [0.05, 0.1) is 12.5 Å². The quantitative estimate of drug-likeness (QED) is 0.415. The molecule has 2 aliphatic rings. The molecular formula is C27H27N3O6. The number of likely N-dealkylation sites (tertiary alicyclic amines) is 1. The van der Waals surface area contributed by atoms with Gasteiger partial charge in [0, 0.05) is 17.7 Å². The number of hydrogen-bond donors (Lipinski definition) is 3. The van der Waals surface area contributed by atoms with Gasteiger partial charge in [0.1, 0.15) is 18.4 Å². The van der Waals surface area contributed by atoms with Crippen LogP contribution in [-0.2, 0) is 19.2 Å². The van der Waals surface area contributed by atoms with E-state index in [1.54, 1.807) is 19.1 Å². The van der Waals surface area contributed by atoms with Gasteiger partial charge in [-0.1, -0.05) is 43.0 Å². The van der Waals surface area contributed by atoms with E-state index in [9.17, 15) is 24.0 Å². The van der Waals surface area contributed by atoms with Crippen LogP contribution in [0.2, 0.25) is 0 Å². The van der Waals surface area contributed by atoms with Crippen LogP contribution in [0, 0.1) is 0 Å². The Balaban J connectivity index is 1.48. The topological polar surface area (TPSA) is 133 Å². The van der Waals surface area contributed by atoms with Crippen LogP contribution < -0.4 is 10.6 Å². The highest BCUT2D eigenvalue weighted by molar-refractivity contribution is 6.11. The molecule has 36 heavy (non-hydrogen) atoms. The van der Waals surface area contributed by atoms with E-state index < -0.39 is 48.2 Å². The Morgan fingerprint density at radius 1 is 1.08 bits per heavy atom. The Kier molecular flexibility index (Phi) is 7.00. The largest absolute Gasteiger partial charge is 0.481 e. The van der Waals surface area contributed by atoms with Crippen molar-refractivity contribution in [2.24, 2.45) is 0 Å². The minimum Gasteiger partial charge on any atom is -0.481 e. The number of hydrogen-bond acceptors (Lipinski definition) is 5. The van der Waals surface area contributed by atoms with Crippen molar-refractivity contribution in [2.45, 2.75) is 44.3 Å².